The van der Waals surface area contributed by atoms with E-state index in [1.165, 1.54) is 0 Å². The smallest absolute Gasteiger partial charge is 0.414 e. The van der Waals surface area contributed by atoms with E-state index in [9.17, 15) is 14.4 Å². The molecule has 0 radical (unpaired) electrons. The van der Waals surface area contributed by atoms with Gasteiger partial charge in [0, 0.05) is 38.3 Å². The Morgan fingerprint density at radius 1 is 1.08 bits per heavy atom. The van der Waals surface area contributed by atoms with Gasteiger partial charge in [0.15, 0.2) is 11.6 Å². The Balaban J connectivity index is 1.28. The van der Waals surface area contributed by atoms with Gasteiger partial charge in [-0.15, -0.1) is 0 Å². The quantitative estimate of drug-likeness (QED) is 0.550. The number of rotatable bonds is 7. The van der Waals surface area contributed by atoms with E-state index in [2.05, 4.69) is 15.5 Å². The lowest BCUT2D eigenvalue weighted by atomic mass is 10.1. The lowest BCUT2D eigenvalue weighted by Crippen LogP contribution is -2.56. The van der Waals surface area contributed by atoms with Gasteiger partial charge >= 0.3 is 12.2 Å². The fourth-order valence-corrected chi connectivity index (χ4v) is 4.35. The summed E-state index contributed by atoms with van der Waals surface area (Å²) in [5, 5.41) is 4.88. The minimum atomic E-state index is -0.769. The van der Waals surface area contributed by atoms with E-state index in [0.717, 1.165) is 17.0 Å². The zero-order valence-corrected chi connectivity index (χ0v) is 21.2. The summed E-state index contributed by atoms with van der Waals surface area (Å²) in [6, 6.07) is 2.62. The summed E-state index contributed by atoms with van der Waals surface area (Å²) in [5.74, 6) is -2.02. The summed E-state index contributed by atoms with van der Waals surface area (Å²) in [6.07, 6.45) is -2.23. The van der Waals surface area contributed by atoms with E-state index >= 15 is 8.78 Å². The van der Waals surface area contributed by atoms with Gasteiger partial charge in [0.05, 0.1) is 44.6 Å². The highest BCUT2D eigenvalue weighted by Crippen LogP contribution is 2.32. The fourth-order valence-electron chi connectivity index (χ4n) is 4.35. The first-order chi connectivity index (χ1) is 17.5. The van der Waals surface area contributed by atoms with Crippen molar-refractivity contribution in [1.82, 2.24) is 15.5 Å². The molecule has 204 valence electrons. The molecule has 3 saturated heterocycles. The molecule has 2 N–H and O–H groups in total. The molecule has 3 amide bonds. The zero-order valence-electron chi connectivity index (χ0n) is 21.2. The van der Waals surface area contributed by atoms with Crippen LogP contribution >= 0.6 is 0 Å². The number of nitrogens with one attached hydrogen (secondary N) is 2. The Kier molecular flexibility index (Phi) is 8.02. The van der Waals surface area contributed by atoms with Crippen LogP contribution in [0.15, 0.2) is 12.1 Å². The van der Waals surface area contributed by atoms with E-state index in [4.69, 9.17) is 14.2 Å². The number of nitrogens with zero attached hydrogens (tertiary/aromatic N) is 3. The minimum Gasteiger partial charge on any atom is -0.444 e. The van der Waals surface area contributed by atoms with Gasteiger partial charge < -0.3 is 29.7 Å². The van der Waals surface area contributed by atoms with Crippen LogP contribution in [0.2, 0.25) is 0 Å². The molecule has 0 aromatic heterocycles. The third-order valence-corrected chi connectivity index (χ3v) is 6.27. The Labute approximate surface area is 214 Å². The number of cyclic esters (lactones) is 1. The lowest BCUT2D eigenvalue weighted by Gasteiger charge is -2.43. The van der Waals surface area contributed by atoms with Gasteiger partial charge in [-0.2, -0.15) is 0 Å². The van der Waals surface area contributed by atoms with Crippen molar-refractivity contribution in [2.24, 2.45) is 0 Å². The van der Waals surface area contributed by atoms with Crippen LogP contribution in [-0.2, 0) is 19.0 Å². The summed E-state index contributed by atoms with van der Waals surface area (Å²) >= 11 is 0. The minimum absolute atomic E-state index is 0.00102. The average molecular weight is 526 g/mol. The highest BCUT2D eigenvalue weighted by Gasteiger charge is 2.35. The van der Waals surface area contributed by atoms with Crippen LogP contribution in [0.3, 0.4) is 0 Å². The van der Waals surface area contributed by atoms with Crippen molar-refractivity contribution in [3.8, 4) is 0 Å². The lowest BCUT2D eigenvalue weighted by molar-refractivity contribution is -0.120. The summed E-state index contributed by atoms with van der Waals surface area (Å²) in [4.78, 5) is 41.1. The van der Waals surface area contributed by atoms with Crippen LogP contribution in [0.25, 0.3) is 0 Å². The number of ether oxygens (including phenoxy) is 3. The molecule has 0 bridgehead atoms. The molecule has 0 spiro atoms. The van der Waals surface area contributed by atoms with E-state index in [0.29, 0.717) is 45.4 Å². The van der Waals surface area contributed by atoms with Crippen molar-refractivity contribution < 1.29 is 37.4 Å². The molecule has 0 saturated carbocycles. The molecule has 0 aliphatic carbocycles. The average Bonchev–Trinajstić information content (AvgIpc) is 3.15. The van der Waals surface area contributed by atoms with E-state index < -0.39 is 41.4 Å². The highest BCUT2D eigenvalue weighted by atomic mass is 19.1. The number of piperazine rings is 1. The largest absolute Gasteiger partial charge is 0.444 e. The number of benzene rings is 1. The summed E-state index contributed by atoms with van der Waals surface area (Å²) in [6.45, 7) is 8.48. The van der Waals surface area contributed by atoms with Crippen LogP contribution in [0.5, 0.6) is 0 Å². The van der Waals surface area contributed by atoms with Gasteiger partial charge in [-0.3, -0.25) is 14.6 Å². The summed E-state index contributed by atoms with van der Waals surface area (Å²) in [5.41, 5.74) is -0.768. The van der Waals surface area contributed by atoms with Crippen LogP contribution in [-0.4, -0.2) is 99.8 Å². The zero-order chi connectivity index (χ0) is 26.7. The van der Waals surface area contributed by atoms with Gasteiger partial charge in [0.25, 0.3) is 0 Å². The molecule has 3 aliphatic rings. The van der Waals surface area contributed by atoms with Gasteiger partial charge in [0.2, 0.25) is 5.91 Å². The predicted molar refractivity (Wildman–Crippen MR) is 130 cm³/mol. The molecular formula is C24H33F2N5O6. The van der Waals surface area contributed by atoms with Crippen LogP contribution in [0.1, 0.15) is 20.8 Å². The molecule has 3 fully saturated rings. The monoisotopic (exact) mass is 525 g/mol. The van der Waals surface area contributed by atoms with Crippen molar-refractivity contribution >= 4 is 29.5 Å². The van der Waals surface area contributed by atoms with Crippen molar-refractivity contribution in [2.45, 2.75) is 38.5 Å². The highest BCUT2D eigenvalue weighted by molar-refractivity contribution is 5.90. The predicted octanol–water partition coefficient (Wildman–Crippen LogP) is 1.45. The number of anilines is 2. The number of amides is 3. The molecule has 1 aromatic rings. The second kappa shape index (κ2) is 11.1. The Morgan fingerprint density at radius 3 is 2.30 bits per heavy atom. The van der Waals surface area contributed by atoms with Gasteiger partial charge in [-0.1, -0.05) is 0 Å². The maximum Gasteiger partial charge on any atom is 0.414 e. The molecule has 13 heteroatoms. The number of carbonyl (C=O) groups excluding carboxylic acids is 3. The van der Waals surface area contributed by atoms with Crippen molar-refractivity contribution in [3.63, 3.8) is 0 Å². The first-order valence-electron chi connectivity index (χ1n) is 12.3. The number of hydrogen-bond acceptors (Lipinski definition) is 8. The first-order valence-corrected chi connectivity index (χ1v) is 12.3. The summed E-state index contributed by atoms with van der Waals surface area (Å²) < 4.78 is 45.5. The van der Waals surface area contributed by atoms with Gasteiger partial charge in [-0.05, 0) is 20.8 Å². The maximum atomic E-state index is 15.0. The van der Waals surface area contributed by atoms with Crippen molar-refractivity contribution in [3.05, 3.63) is 23.8 Å². The molecule has 1 atom stereocenters. The first kappa shape index (κ1) is 26.9. The summed E-state index contributed by atoms with van der Waals surface area (Å²) in [7, 11) is 0. The van der Waals surface area contributed by atoms with E-state index in [-0.39, 0.29) is 31.0 Å². The number of halogens is 2. The molecule has 1 aromatic carbocycles. The van der Waals surface area contributed by atoms with Crippen molar-refractivity contribution in [2.75, 3.05) is 68.8 Å². The molecule has 4 rings (SSSR count). The number of hydrogen-bond donors (Lipinski definition) is 2. The molecule has 0 unspecified atom stereocenters. The Bertz CT molecular complexity index is 1000. The molecule has 3 aliphatic heterocycles. The maximum absolute atomic E-state index is 15.0. The molecule has 37 heavy (non-hydrogen) atoms. The standard InChI is InChI=1S/C24H33F2N5O6/c1-24(2,3)37-22(33)28-11-20(32)27-10-17-12-31(23(34)36-17)15-8-18(25)21(19(26)9-15)30-6-4-29(5-7-30)16-13-35-14-16/h8-9,16-17H,4-7,10-14H2,1-3H3,(H,27,32)(H,28,33)/t17-/m0/s1. The SMILES string of the molecule is CC(C)(C)OC(=O)NCC(=O)NC[C@H]1CN(c2cc(F)c(N3CCN(C4COC4)CC3)c(F)c2)C(=O)O1. The number of alkyl carbamates (subject to hydrolysis) is 1. The third-order valence-electron chi connectivity index (χ3n) is 6.27. The molecule has 3 heterocycles. The second-order valence-corrected chi connectivity index (χ2v) is 10.2. The molecular weight excluding hydrogens is 492 g/mol. The van der Waals surface area contributed by atoms with Crippen LogP contribution in [0, 0.1) is 11.6 Å². The Hall–Kier alpha value is -3.19. The third kappa shape index (κ3) is 6.77. The van der Waals surface area contributed by atoms with Gasteiger partial charge in [-0.25, -0.2) is 18.4 Å². The molecule has 11 nitrogen and oxygen atoms in total. The normalized spacial score (nSPS) is 20.9. The van der Waals surface area contributed by atoms with E-state index in [1.807, 2.05) is 0 Å². The van der Waals surface area contributed by atoms with Gasteiger partial charge in [0.1, 0.15) is 17.4 Å². The topological polar surface area (TPSA) is 113 Å². The van der Waals surface area contributed by atoms with Crippen molar-refractivity contribution in [1.29, 1.82) is 0 Å². The Morgan fingerprint density at radius 2 is 1.73 bits per heavy atom. The fraction of sp³-hybridized carbons (Fsp3) is 0.625. The second-order valence-electron chi connectivity index (χ2n) is 10.2. The number of carbonyl (C=O) groups is 3. The van der Waals surface area contributed by atoms with Crippen LogP contribution < -0.4 is 20.4 Å². The van der Waals surface area contributed by atoms with Crippen LogP contribution in [0.4, 0.5) is 29.7 Å². The van der Waals surface area contributed by atoms with E-state index in [1.54, 1.807) is 25.7 Å².